The number of carbonyl (C=O) groups is 1. The lowest BCUT2D eigenvalue weighted by molar-refractivity contribution is -0.146. The van der Waals surface area contributed by atoms with Crippen LogP contribution >= 0.6 is 0 Å². The van der Waals surface area contributed by atoms with E-state index in [2.05, 4.69) is 13.8 Å². The number of hydrogen-bond donors (Lipinski definition) is 1. The maximum absolute atomic E-state index is 11.5. The van der Waals surface area contributed by atoms with Gasteiger partial charge < -0.3 is 9.84 Å². The van der Waals surface area contributed by atoms with Gasteiger partial charge in [-0.3, -0.25) is 4.79 Å². The van der Waals surface area contributed by atoms with Crippen molar-refractivity contribution in [1.82, 2.24) is 0 Å². The molecule has 0 saturated carbocycles. The third-order valence-electron chi connectivity index (χ3n) is 3.56. The molecular weight excluding hydrogens is 252 g/mol. The van der Waals surface area contributed by atoms with Gasteiger partial charge >= 0.3 is 5.97 Å². The molecule has 20 heavy (non-hydrogen) atoms. The van der Waals surface area contributed by atoms with E-state index in [1.807, 2.05) is 0 Å². The lowest BCUT2D eigenvalue weighted by Crippen LogP contribution is -2.18. The normalized spacial score (nSPS) is 12.3. The molecule has 0 amide bonds. The molecule has 120 valence electrons. The van der Waals surface area contributed by atoms with Crippen molar-refractivity contribution in [2.45, 2.75) is 97.0 Å². The highest BCUT2D eigenvalue weighted by Gasteiger charge is 2.08. The van der Waals surface area contributed by atoms with Crippen LogP contribution in [0.25, 0.3) is 0 Å². The largest absolute Gasteiger partial charge is 0.463 e. The first-order valence-electron chi connectivity index (χ1n) is 8.54. The quantitative estimate of drug-likeness (QED) is 0.374. The smallest absolute Gasteiger partial charge is 0.305 e. The average Bonchev–Trinajstić information content (AvgIpc) is 2.44. The summed E-state index contributed by atoms with van der Waals surface area (Å²) in [6.07, 6.45) is 12.3. The Labute approximate surface area is 125 Å². The zero-order valence-electron chi connectivity index (χ0n) is 13.5. The van der Waals surface area contributed by atoms with Crippen LogP contribution in [0.5, 0.6) is 0 Å². The molecule has 1 atom stereocenters. The molecule has 1 unspecified atom stereocenters. The van der Waals surface area contributed by atoms with E-state index in [9.17, 15) is 9.90 Å². The lowest BCUT2D eigenvalue weighted by atomic mass is 10.1. The van der Waals surface area contributed by atoms with E-state index in [1.54, 1.807) is 0 Å². The molecule has 1 N–H and O–H groups in total. The molecule has 3 nitrogen and oxygen atoms in total. The summed E-state index contributed by atoms with van der Waals surface area (Å²) in [5, 5.41) is 9.72. The van der Waals surface area contributed by atoms with Crippen molar-refractivity contribution in [3.05, 3.63) is 0 Å². The van der Waals surface area contributed by atoms with Crippen LogP contribution in [-0.4, -0.2) is 23.8 Å². The van der Waals surface area contributed by atoms with Crippen molar-refractivity contribution >= 4 is 5.97 Å². The Morgan fingerprint density at radius 2 is 1.45 bits per heavy atom. The van der Waals surface area contributed by atoms with Crippen molar-refractivity contribution < 1.29 is 14.6 Å². The van der Waals surface area contributed by atoms with Gasteiger partial charge in [-0.25, -0.2) is 0 Å². The monoisotopic (exact) mass is 286 g/mol. The average molecular weight is 286 g/mol. The summed E-state index contributed by atoms with van der Waals surface area (Å²) in [5.41, 5.74) is 0. The van der Waals surface area contributed by atoms with Gasteiger partial charge in [0, 0.05) is 6.42 Å². The molecular formula is C17H34O3. The van der Waals surface area contributed by atoms with Crippen molar-refractivity contribution in [1.29, 1.82) is 0 Å². The molecule has 0 saturated heterocycles. The first-order chi connectivity index (χ1) is 9.70. The van der Waals surface area contributed by atoms with Gasteiger partial charge in [-0.05, 0) is 12.8 Å². The fourth-order valence-corrected chi connectivity index (χ4v) is 2.20. The molecule has 0 rings (SSSR count). The van der Waals surface area contributed by atoms with Gasteiger partial charge in [-0.15, -0.1) is 0 Å². The highest BCUT2D eigenvalue weighted by molar-refractivity contribution is 5.69. The second-order valence-electron chi connectivity index (χ2n) is 5.70. The number of aliphatic hydroxyl groups excluding tert-OH is 1. The summed E-state index contributed by atoms with van der Waals surface area (Å²) in [6, 6.07) is 0. The predicted octanol–water partition coefficient (Wildman–Crippen LogP) is 4.61. The Bertz CT molecular complexity index is 216. The van der Waals surface area contributed by atoms with Crippen LogP contribution in [0.2, 0.25) is 0 Å². The van der Waals surface area contributed by atoms with Crippen LogP contribution < -0.4 is 0 Å². The Morgan fingerprint density at radius 1 is 0.900 bits per heavy atom. The Hall–Kier alpha value is -0.570. The SMILES string of the molecule is CCCCCCCC(=O)OCC(O)CCCCCCC. The third kappa shape index (κ3) is 13.9. The summed E-state index contributed by atoms with van der Waals surface area (Å²) >= 11 is 0. The molecule has 0 spiro atoms. The number of hydrogen-bond acceptors (Lipinski definition) is 3. The zero-order chi connectivity index (χ0) is 15.1. The van der Waals surface area contributed by atoms with E-state index in [1.165, 1.54) is 38.5 Å². The Kier molecular flexibility index (Phi) is 14.4. The molecule has 0 aromatic carbocycles. The van der Waals surface area contributed by atoms with E-state index in [-0.39, 0.29) is 12.6 Å². The molecule has 0 aliphatic heterocycles. The van der Waals surface area contributed by atoms with Gasteiger partial charge in [0.05, 0.1) is 6.10 Å². The number of esters is 1. The number of ether oxygens (including phenoxy) is 1. The number of unbranched alkanes of at least 4 members (excludes halogenated alkanes) is 8. The minimum absolute atomic E-state index is 0.161. The molecule has 0 aromatic heterocycles. The zero-order valence-corrected chi connectivity index (χ0v) is 13.5. The van der Waals surface area contributed by atoms with Crippen molar-refractivity contribution in [3.63, 3.8) is 0 Å². The van der Waals surface area contributed by atoms with Crippen LogP contribution in [0.4, 0.5) is 0 Å². The highest BCUT2D eigenvalue weighted by Crippen LogP contribution is 2.09. The number of carbonyl (C=O) groups excluding carboxylic acids is 1. The van der Waals surface area contributed by atoms with E-state index in [4.69, 9.17) is 4.74 Å². The van der Waals surface area contributed by atoms with E-state index in [0.29, 0.717) is 6.42 Å². The molecule has 0 aliphatic carbocycles. The molecule has 0 aromatic rings. The molecule has 3 heteroatoms. The topological polar surface area (TPSA) is 46.5 Å². The molecule has 0 aliphatic rings. The summed E-state index contributed by atoms with van der Waals surface area (Å²) in [7, 11) is 0. The number of aliphatic hydroxyl groups is 1. The third-order valence-corrected chi connectivity index (χ3v) is 3.56. The van der Waals surface area contributed by atoms with E-state index < -0.39 is 6.10 Å². The molecule has 0 bridgehead atoms. The van der Waals surface area contributed by atoms with Crippen molar-refractivity contribution in [2.75, 3.05) is 6.61 Å². The second kappa shape index (κ2) is 14.8. The van der Waals surface area contributed by atoms with E-state index >= 15 is 0 Å². The van der Waals surface area contributed by atoms with Gasteiger partial charge in [0.2, 0.25) is 0 Å². The maximum atomic E-state index is 11.5. The minimum Gasteiger partial charge on any atom is -0.463 e. The summed E-state index contributed by atoms with van der Waals surface area (Å²) in [4.78, 5) is 11.5. The summed E-state index contributed by atoms with van der Waals surface area (Å²) < 4.78 is 5.10. The van der Waals surface area contributed by atoms with Crippen LogP contribution in [0.1, 0.15) is 90.9 Å². The first-order valence-corrected chi connectivity index (χ1v) is 8.54. The van der Waals surface area contributed by atoms with Gasteiger partial charge in [0.15, 0.2) is 0 Å². The maximum Gasteiger partial charge on any atom is 0.305 e. The first kappa shape index (κ1) is 19.4. The van der Waals surface area contributed by atoms with Crippen molar-refractivity contribution in [2.24, 2.45) is 0 Å². The fourth-order valence-electron chi connectivity index (χ4n) is 2.20. The van der Waals surface area contributed by atoms with Gasteiger partial charge in [-0.1, -0.05) is 71.6 Å². The van der Waals surface area contributed by atoms with Gasteiger partial charge in [0.25, 0.3) is 0 Å². The van der Waals surface area contributed by atoms with Crippen molar-refractivity contribution in [3.8, 4) is 0 Å². The fraction of sp³-hybridized carbons (Fsp3) is 0.941. The van der Waals surface area contributed by atoms with Crippen LogP contribution in [0.3, 0.4) is 0 Å². The van der Waals surface area contributed by atoms with Crippen LogP contribution in [0, 0.1) is 0 Å². The highest BCUT2D eigenvalue weighted by atomic mass is 16.5. The predicted molar refractivity (Wildman–Crippen MR) is 83.7 cm³/mol. The lowest BCUT2D eigenvalue weighted by Gasteiger charge is -2.11. The standard InChI is InChI=1S/C17H34O3/c1-3-5-7-9-11-13-16(18)15-20-17(19)14-12-10-8-6-4-2/h16,18H,3-15H2,1-2H3. The number of rotatable bonds is 14. The Balaban J connectivity index is 3.34. The van der Waals surface area contributed by atoms with Gasteiger partial charge in [0.1, 0.15) is 6.61 Å². The summed E-state index contributed by atoms with van der Waals surface area (Å²) in [6.45, 7) is 4.54. The van der Waals surface area contributed by atoms with Crippen LogP contribution in [-0.2, 0) is 9.53 Å². The molecule has 0 fully saturated rings. The second-order valence-corrected chi connectivity index (χ2v) is 5.70. The van der Waals surface area contributed by atoms with Gasteiger partial charge in [-0.2, -0.15) is 0 Å². The minimum atomic E-state index is -0.485. The molecule has 0 radical (unpaired) electrons. The van der Waals surface area contributed by atoms with E-state index in [0.717, 1.165) is 32.1 Å². The summed E-state index contributed by atoms with van der Waals surface area (Å²) in [5.74, 6) is -0.161. The Morgan fingerprint density at radius 3 is 2.05 bits per heavy atom. The van der Waals surface area contributed by atoms with Crippen LogP contribution in [0.15, 0.2) is 0 Å². The molecule has 0 heterocycles.